The zero-order chi connectivity index (χ0) is 29.1. The molecular formula is C26H32N4O9. The molecule has 13 nitrogen and oxygen atoms in total. The van der Waals surface area contributed by atoms with E-state index in [9.17, 15) is 39.3 Å². The molecule has 0 radical (unpaired) electrons. The Bertz CT molecular complexity index is 1160. The number of phenols is 1. The monoisotopic (exact) mass is 544 g/mol. The Labute approximate surface area is 224 Å². The van der Waals surface area contributed by atoms with E-state index in [1.165, 1.54) is 31.2 Å². The predicted octanol–water partition coefficient (Wildman–Crippen LogP) is -1.10. The van der Waals surface area contributed by atoms with E-state index in [2.05, 4.69) is 16.0 Å². The van der Waals surface area contributed by atoms with E-state index in [1.54, 1.807) is 30.3 Å². The third-order valence-electron chi connectivity index (χ3n) is 5.70. The van der Waals surface area contributed by atoms with Crippen molar-refractivity contribution in [2.45, 2.75) is 56.5 Å². The molecule has 0 aliphatic rings. The fourth-order valence-corrected chi connectivity index (χ4v) is 3.61. The van der Waals surface area contributed by atoms with Crippen LogP contribution in [0.1, 0.15) is 24.5 Å². The molecule has 2 aromatic rings. The van der Waals surface area contributed by atoms with Gasteiger partial charge in [-0.15, -0.1) is 0 Å². The molecule has 9 N–H and O–H groups in total. The number of carboxylic acids is 2. The Balaban J connectivity index is 2.33. The SMILES string of the molecule is CC(O)C(NC(=O)C(Cc1ccccc1)NC(=O)C(Cc1ccc(O)cc1)NC(=O)C(N)CC(=O)O)C(=O)O. The highest BCUT2D eigenvalue weighted by molar-refractivity contribution is 5.95. The minimum absolute atomic E-state index is 0.0297. The molecule has 0 fully saturated rings. The van der Waals surface area contributed by atoms with E-state index < -0.39 is 66.4 Å². The number of aliphatic hydroxyl groups excluding tert-OH is 1. The second-order valence-corrected chi connectivity index (χ2v) is 8.95. The average molecular weight is 545 g/mol. The zero-order valence-electron chi connectivity index (χ0n) is 21.1. The van der Waals surface area contributed by atoms with Crippen molar-refractivity contribution in [1.82, 2.24) is 16.0 Å². The van der Waals surface area contributed by atoms with E-state index in [4.69, 9.17) is 10.8 Å². The minimum Gasteiger partial charge on any atom is -0.508 e. The number of benzene rings is 2. The molecule has 0 aromatic heterocycles. The minimum atomic E-state index is -1.64. The van der Waals surface area contributed by atoms with Crippen molar-refractivity contribution in [2.24, 2.45) is 5.73 Å². The molecule has 0 aliphatic heterocycles. The van der Waals surface area contributed by atoms with E-state index in [-0.39, 0.29) is 18.6 Å². The maximum atomic E-state index is 13.4. The van der Waals surface area contributed by atoms with Crippen LogP contribution in [-0.4, -0.2) is 80.4 Å². The molecule has 13 heteroatoms. The highest BCUT2D eigenvalue weighted by atomic mass is 16.4. The summed E-state index contributed by atoms with van der Waals surface area (Å²) in [5.41, 5.74) is 6.79. The smallest absolute Gasteiger partial charge is 0.328 e. The van der Waals surface area contributed by atoms with Crippen LogP contribution in [0, 0.1) is 0 Å². The van der Waals surface area contributed by atoms with Crippen molar-refractivity contribution in [3.8, 4) is 5.75 Å². The molecule has 0 heterocycles. The molecular weight excluding hydrogens is 512 g/mol. The van der Waals surface area contributed by atoms with Crippen LogP contribution in [0.5, 0.6) is 5.75 Å². The lowest BCUT2D eigenvalue weighted by Gasteiger charge is -2.26. The molecule has 0 saturated heterocycles. The van der Waals surface area contributed by atoms with Gasteiger partial charge in [-0.2, -0.15) is 0 Å². The van der Waals surface area contributed by atoms with Gasteiger partial charge in [0.25, 0.3) is 0 Å². The molecule has 210 valence electrons. The van der Waals surface area contributed by atoms with Gasteiger partial charge in [0.1, 0.15) is 17.8 Å². The third kappa shape index (κ3) is 10.1. The van der Waals surface area contributed by atoms with Gasteiger partial charge in [-0.3, -0.25) is 19.2 Å². The molecule has 0 saturated carbocycles. The van der Waals surface area contributed by atoms with Gasteiger partial charge in [-0.05, 0) is 30.2 Å². The van der Waals surface area contributed by atoms with Gasteiger partial charge in [-0.1, -0.05) is 42.5 Å². The average Bonchev–Trinajstić information content (AvgIpc) is 2.87. The Morgan fingerprint density at radius 3 is 1.74 bits per heavy atom. The molecule has 5 unspecified atom stereocenters. The number of phenolic OH excluding ortho intramolecular Hbond substituents is 1. The van der Waals surface area contributed by atoms with Crippen molar-refractivity contribution in [3.05, 3.63) is 65.7 Å². The van der Waals surface area contributed by atoms with Gasteiger partial charge in [0, 0.05) is 12.8 Å². The van der Waals surface area contributed by atoms with Gasteiger partial charge < -0.3 is 42.1 Å². The van der Waals surface area contributed by atoms with Gasteiger partial charge in [-0.25, -0.2) is 4.79 Å². The summed E-state index contributed by atoms with van der Waals surface area (Å²) < 4.78 is 0. The standard InChI is InChI=1S/C26H32N4O9/c1-14(31)22(26(38)39)30-25(37)20(11-15-5-3-2-4-6-15)29-24(36)19(12-16-7-9-17(32)10-8-16)28-23(35)18(27)13-21(33)34/h2-10,14,18-20,22,31-32H,11-13,27H2,1H3,(H,28,35)(H,29,36)(H,30,37)(H,33,34)(H,38,39). The van der Waals surface area contributed by atoms with Crippen molar-refractivity contribution in [3.63, 3.8) is 0 Å². The Hall–Kier alpha value is -4.49. The molecule has 0 bridgehead atoms. The summed E-state index contributed by atoms with van der Waals surface area (Å²) >= 11 is 0. The van der Waals surface area contributed by atoms with E-state index in [1.807, 2.05) is 0 Å². The summed E-state index contributed by atoms with van der Waals surface area (Å²) in [4.78, 5) is 61.5. The van der Waals surface area contributed by atoms with Crippen LogP contribution >= 0.6 is 0 Å². The zero-order valence-corrected chi connectivity index (χ0v) is 21.1. The Morgan fingerprint density at radius 2 is 1.26 bits per heavy atom. The van der Waals surface area contributed by atoms with Gasteiger partial charge in [0.15, 0.2) is 6.04 Å². The molecule has 2 rings (SSSR count). The highest BCUT2D eigenvalue weighted by Gasteiger charge is 2.32. The number of nitrogens with two attached hydrogens (primary N) is 1. The number of aliphatic hydroxyl groups is 1. The highest BCUT2D eigenvalue weighted by Crippen LogP contribution is 2.12. The summed E-state index contributed by atoms with van der Waals surface area (Å²) in [6.45, 7) is 1.19. The molecule has 3 amide bonds. The first kappa shape index (κ1) is 30.7. The summed E-state index contributed by atoms with van der Waals surface area (Å²) in [6.07, 6.45) is -2.28. The van der Waals surface area contributed by atoms with E-state index in [0.717, 1.165) is 0 Å². The number of nitrogens with one attached hydrogen (secondary N) is 3. The number of carbonyl (C=O) groups excluding carboxylic acids is 3. The molecule has 0 aliphatic carbocycles. The van der Waals surface area contributed by atoms with Crippen LogP contribution in [0.2, 0.25) is 0 Å². The molecule has 5 atom stereocenters. The van der Waals surface area contributed by atoms with Crippen LogP contribution in [0.25, 0.3) is 0 Å². The topological polar surface area (TPSA) is 228 Å². The van der Waals surface area contributed by atoms with Gasteiger partial charge in [0.05, 0.1) is 18.6 Å². The molecule has 39 heavy (non-hydrogen) atoms. The number of rotatable bonds is 14. The summed E-state index contributed by atoms with van der Waals surface area (Å²) in [5.74, 6) is -5.47. The number of amides is 3. The second kappa shape index (κ2) is 14.4. The third-order valence-corrected chi connectivity index (χ3v) is 5.70. The first-order valence-electron chi connectivity index (χ1n) is 12.0. The Kier molecular flexibility index (Phi) is 11.4. The van der Waals surface area contributed by atoms with E-state index >= 15 is 0 Å². The number of hydrogen-bond acceptors (Lipinski definition) is 8. The predicted molar refractivity (Wildman–Crippen MR) is 137 cm³/mol. The van der Waals surface area contributed by atoms with E-state index in [0.29, 0.717) is 11.1 Å². The number of aliphatic carboxylic acids is 2. The molecule has 2 aromatic carbocycles. The lowest BCUT2D eigenvalue weighted by Crippen LogP contribution is -2.59. The number of carbonyl (C=O) groups is 5. The number of carboxylic acid groups (broad SMARTS) is 2. The van der Waals surface area contributed by atoms with Crippen molar-refractivity contribution in [1.29, 1.82) is 0 Å². The Morgan fingerprint density at radius 1 is 0.769 bits per heavy atom. The quantitative estimate of drug-likeness (QED) is 0.143. The summed E-state index contributed by atoms with van der Waals surface area (Å²) in [6, 6.07) is 8.57. The van der Waals surface area contributed by atoms with Crippen molar-refractivity contribution in [2.75, 3.05) is 0 Å². The number of aromatic hydroxyl groups is 1. The maximum absolute atomic E-state index is 13.4. The van der Waals surface area contributed by atoms with Crippen molar-refractivity contribution < 1.29 is 44.4 Å². The summed E-state index contributed by atoms with van der Waals surface area (Å²) in [5, 5.41) is 44.7. The fourth-order valence-electron chi connectivity index (χ4n) is 3.61. The lowest BCUT2D eigenvalue weighted by atomic mass is 10.0. The second-order valence-electron chi connectivity index (χ2n) is 8.95. The van der Waals surface area contributed by atoms with Gasteiger partial charge in [0.2, 0.25) is 17.7 Å². The van der Waals surface area contributed by atoms with Gasteiger partial charge >= 0.3 is 11.9 Å². The summed E-state index contributed by atoms with van der Waals surface area (Å²) in [7, 11) is 0. The fraction of sp³-hybridized carbons (Fsp3) is 0.346. The molecule has 0 spiro atoms. The first-order valence-corrected chi connectivity index (χ1v) is 12.0. The van der Waals surface area contributed by atoms with Crippen LogP contribution in [0.15, 0.2) is 54.6 Å². The normalized spacial score (nSPS) is 14.6. The first-order chi connectivity index (χ1) is 18.4. The largest absolute Gasteiger partial charge is 0.508 e. The van der Waals surface area contributed by atoms with Crippen LogP contribution in [0.3, 0.4) is 0 Å². The van der Waals surface area contributed by atoms with Crippen molar-refractivity contribution >= 4 is 29.7 Å². The van der Waals surface area contributed by atoms with Crippen LogP contribution < -0.4 is 21.7 Å². The van der Waals surface area contributed by atoms with Crippen LogP contribution in [0.4, 0.5) is 0 Å². The lowest BCUT2D eigenvalue weighted by molar-refractivity contribution is -0.145. The van der Waals surface area contributed by atoms with Crippen LogP contribution in [-0.2, 0) is 36.8 Å². The number of hydrogen-bond donors (Lipinski definition) is 8. The maximum Gasteiger partial charge on any atom is 0.328 e.